The van der Waals surface area contributed by atoms with E-state index in [1.807, 2.05) is 36.4 Å². The van der Waals surface area contributed by atoms with Crippen LogP contribution >= 0.6 is 0 Å². The van der Waals surface area contributed by atoms with Crippen LogP contribution in [0.2, 0.25) is 0 Å². The summed E-state index contributed by atoms with van der Waals surface area (Å²) in [5.41, 5.74) is 3.28. The maximum atomic E-state index is 9.56. The van der Waals surface area contributed by atoms with Crippen LogP contribution in [0.3, 0.4) is 0 Å². The highest BCUT2D eigenvalue weighted by molar-refractivity contribution is 5.97. The van der Waals surface area contributed by atoms with Crippen LogP contribution in [0.15, 0.2) is 78.9 Å². The fourth-order valence-corrected chi connectivity index (χ4v) is 3.31. The monoisotopic (exact) mass is 356 g/mol. The molecule has 0 saturated carbocycles. The first kappa shape index (κ1) is 17.0. The van der Waals surface area contributed by atoms with Gasteiger partial charge in [-0.3, -0.25) is 0 Å². The average molecular weight is 356 g/mol. The Bertz CT molecular complexity index is 1080. The van der Waals surface area contributed by atoms with Gasteiger partial charge in [0.2, 0.25) is 0 Å². The molecule has 0 aromatic heterocycles. The number of aromatic hydroxyl groups is 1. The Kier molecular flexibility index (Phi) is 4.43. The van der Waals surface area contributed by atoms with Crippen LogP contribution in [-0.2, 0) is 0 Å². The SMILES string of the molecule is COc1ccc2c(Oc3ccc(O)cc3)c(-c3ccccc3)c(C)cc2c1. The van der Waals surface area contributed by atoms with E-state index in [0.29, 0.717) is 5.75 Å². The van der Waals surface area contributed by atoms with Crippen molar-refractivity contribution < 1.29 is 14.6 Å². The number of methoxy groups -OCH3 is 1. The highest BCUT2D eigenvalue weighted by Gasteiger charge is 2.16. The highest BCUT2D eigenvalue weighted by Crippen LogP contribution is 2.42. The Labute approximate surface area is 158 Å². The van der Waals surface area contributed by atoms with Gasteiger partial charge < -0.3 is 14.6 Å². The number of benzene rings is 4. The summed E-state index contributed by atoms with van der Waals surface area (Å²) in [6, 6.07) is 25.1. The normalized spacial score (nSPS) is 10.7. The highest BCUT2D eigenvalue weighted by atomic mass is 16.5. The minimum Gasteiger partial charge on any atom is -0.508 e. The smallest absolute Gasteiger partial charge is 0.143 e. The molecule has 27 heavy (non-hydrogen) atoms. The second-order valence-electron chi connectivity index (χ2n) is 6.45. The van der Waals surface area contributed by atoms with Crippen molar-refractivity contribution in [1.82, 2.24) is 0 Å². The van der Waals surface area contributed by atoms with Crippen molar-refractivity contribution in [3.63, 3.8) is 0 Å². The molecule has 0 radical (unpaired) electrons. The van der Waals surface area contributed by atoms with Gasteiger partial charge in [-0.05, 0) is 65.9 Å². The van der Waals surface area contributed by atoms with Gasteiger partial charge in [0.25, 0.3) is 0 Å². The Hall–Kier alpha value is -3.46. The molecule has 0 heterocycles. The van der Waals surface area contributed by atoms with Crippen LogP contribution in [-0.4, -0.2) is 12.2 Å². The number of rotatable bonds is 4. The molecule has 134 valence electrons. The first-order valence-electron chi connectivity index (χ1n) is 8.79. The largest absolute Gasteiger partial charge is 0.508 e. The van der Waals surface area contributed by atoms with Crippen molar-refractivity contribution in [2.45, 2.75) is 6.92 Å². The van der Waals surface area contributed by atoms with E-state index in [2.05, 4.69) is 25.1 Å². The zero-order chi connectivity index (χ0) is 18.8. The van der Waals surface area contributed by atoms with Crippen LogP contribution in [0.5, 0.6) is 23.0 Å². The van der Waals surface area contributed by atoms with Gasteiger partial charge in [-0.1, -0.05) is 36.4 Å². The molecule has 4 aromatic carbocycles. The number of hydrogen-bond donors (Lipinski definition) is 1. The van der Waals surface area contributed by atoms with Gasteiger partial charge in [-0.15, -0.1) is 0 Å². The van der Waals surface area contributed by atoms with E-state index in [0.717, 1.165) is 39.0 Å². The molecule has 3 heteroatoms. The van der Waals surface area contributed by atoms with E-state index in [1.165, 1.54) is 0 Å². The van der Waals surface area contributed by atoms with E-state index >= 15 is 0 Å². The number of phenolic OH excluding ortho intramolecular Hbond substituents is 1. The fourth-order valence-electron chi connectivity index (χ4n) is 3.31. The van der Waals surface area contributed by atoms with Crippen molar-refractivity contribution in [2.24, 2.45) is 0 Å². The third kappa shape index (κ3) is 3.32. The molecule has 0 aliphatic carbocycles. The van der Waals surface area contributed by atoms with E-state index < -0.39 is 0 Å². The van der Waals surface area contributed by atoms with E-state index in [-0.39, 0.29) is 5.75 Å². The standard InChI is InChI=1S/C24H20O3/c1-16-14-18-15-21(26-2)12-13-22(18)24(23(16)17-6-4-3-5-7-17)27-20-10-8-19(25)9-11-20/h3-15,25H,1-2H3. The van der Waals surface area contributed by atoms with Crippen LogP contribution in [0.4, 0.5) is 0 Å². The van der Waals surface area contributed by atoms with Crippen LogP contribution in [0.25, 0.3) is 21.9 Å². The molecule has 0 aliphatic rings. The molecule has 0 aliphatic heterocycles. The quantitative estimate of drug-likeness (QED) is 0.465. The number of fused-ring (bicyclic) bond motifs is 1. The fraction of sp³-hybridized carbons (Fsp3) is 0.0833. The first-order chi connectivity index (χ1) is 13.2. The Balaban J connectivity index is 1.97. The molecule has 0 fully saturated rings. The predicted octanol–water partition coefficient (Wildman–Crippen LogP) is 6.32. The molecule has 0 spiro atoms. The Morgan fingerprint density at radius 3 is 2.19 bits per heavy atom. The van der Waals surface area contributed by atoms with Gasteiger partial charge in [0.15, 0.2) is 0 Å². The van der Waals surface area contributed by atoms with Gasteiger partial charge >= 0.3 is 0 Å². The maximum Gasteiger partial charge on any atom is 0.143 e. The number of hydrogen-bond acceptors (Lipinski definition) is 3. The van der Waals surface area contributed by atoms with Crippen molar-refractivity contribution in [1.29, 1.82) is 0 Å². The molecule has 1 N–H and O–H groups in total. The van der Waals surface area contributed by atoms with Crippen molar-refractivity contribution in [3.8, 4) is 34.1 Å². The summed E-state index contributed by atoms with van der Waals surface area (Å²) in [4.78, 5) is 0. The lowest BCUT2D eigenvalue weighted by Crippen LogP contribution is -1.94. The van der Waals surface area contributed by atoms with Gasteiger partial charge in [-0.2, -0.15) is 0 Å². The summed E-state index contributed by atoms with van der Waals surface area (Å²) in [7, 11) is 1.67. The minimum absolute atomic E-state index is 0.212. The molecule has 0 saturated heterocycles. The molecule has 0 unspecified atom stereocenters. The molecule has 4 rings (SSSR count). The van der Waals surface area contributed by atoms with E-state index in [9.17, 15) is 5.11 Å². The van der Waals surface area contributed by atoms with Crippen molar-refractivity contribution in [3.05, 3.63) is 84.4 Å². The van der Waals surface area contributed by atoms with Crippen LogP contribution in [0.1, 0.15) is 5.56 Å². The van der Waals surface area contributed by atoms with Crippen molar-refractivity contribution >= 4 is 10.8 Å². The molecule has 0 bridgehead atoms. The van der Waals surface area contributed by atoms with Crippen molar-refractivity contribution in [2.75, 3.05) is 7.11 Å². The van der Waals surface area contributed by atoms with Crippen LogP contribution in [0, 0.1) is 6.92 Å². The molecular weight excluding hydrogens is 336 g/mol. The zero-order valence-electron chi connectivity index (χ0n) is 15.3. The summed E-state index contributed by atoms with van der Waals surface area (Å²) in [6.07, 6.45) is 0. The van der Waals surface area contributed by atoms with Gasteiger partial charge in [0.1, 0.15) is 23.0 Å². The second-order valence-corrected chi connectivity index (χ2v) is 6.45. The lowest BCUT2D eigenvalue weighted by atomic mass is 9.94. The Morgan fingerprint density at radius 2 is 1.48 bits per heavy atom. The third-order valence-electron chi connectivity index (χ3n) is 4.62. The van der Waals surface area contributed by atoms with Crippen LogP contribution < -0.4 is 9.47 Å². The summed E-state index contributed by atoms with van der Waals surface area (Å²) < 4.78 is 11.7. The lowest BCUT2D eigenvalue weighted by Gasteiger charge is -2.18. The number of aryl methyl sites for hydroxylation is 1. The molecule has 4 aromatic rings. The molecule has 3 nitrogen and oxygen atoms in total. The van der Waals surface area contributed by atoms with E-state index in [4.69, 9.17) is 9.47 Å². The summed E-state index contributed by atoms with van der Waals surface area (Å²) in [5.74, 6) is 2.49. The average Bonchev–Trinajstić information content (AvgIpc) is 2.70. The summed E-state index contributed by atoms with van der Waals surface area (Å²) in [6.45, 7) is 2.09. The predicted molar refractivity (Wildman–Crippen MR) is 109 cm³/mol. The summed E-state index contributed by atoms with van der Waals surface area (Å²) >= 11 is 0. The van der Waals surface area contributed by atoms with Gasteiger partial charge in [-0.25, -0.2) is 0 Å². The van der Waals surface area contributed by atoms with Gasteiger partial charge in [0.05, 0.1) is 7.11 Å². The second kappa shape index (κ2) is 7.04. The third-order valence-corrected chi connectivity index (χ3v) is 4.62. The first-order valence-corrected chi connectivity index (χ1v) is 8.79. The topological polar surface area (TPSA) is 38.7 Å². The summed E-state index contributed by atoms with van der Waals surface area (Å²) in [5, 5.41) is 11.6. The molecular formula is C24H20O3. The lowest BCUT2D eigenvalue weighted by molar-refractivity contribution is 0.415. The Morgan fingerprint density at radius 1 is 0.778 bits per heavy atom. The zero-order valence-corrected chi connectivity index (χ0v) is 15.3. The minimum atomic E-state index is 0.212. The van der Waals surface area contributed by atoms with Gasteiger partial charge in [0, 0.05) is 10.9 Å². The number of phenols is 1. The van der Waals surface area contributed by atoms with E-state index in [1.54, 1.807) is 31.4 Å². The number of ether oxygens (including phenoxy) is 2. The maximum absolute atomic E-state index is 9.56. The molecule has 0 amide bonds. The molecule has 0 atom stereocenters.